The Morgan fingerprint density at radius 3 is 2.21 bits per heavy atom. The summed E-state index contributed by atoms with van der Waals surface area (Å²) in [6.45, 7) is 5.09. The van der Waals surface area contributed by atoms with Crippen molar-refractivity contribution in [3.05, 3.63) is 53.3 Å². The van der Waals surface area contributed by atoms with Crippen LogP contribution >= 0.6 is 0 Å². The maximum absolute atomic E-state index is 12.4. The number of methoxy groups -OCH3 is 2. The number of hydrogen-bond donors (Lipinski definition) is 2. The fourth-order valence-electron chi connectivity index (χ4n) is 2.54. The summed E-state index contributed by atoms with van der Waals surface area (Å²) in [5.74, 6) is 1.18. The number of aromatic nitrogens is 1. The van der Waals surface area contributed by atoms with E-state index in [2.05, 4.69) is 29.5 Å². The lowest BCUT2D eigenvalue weighted by atomic mass is 10.1. The van der Waals surface area contributed by atoms with Crippen LogP contribution in [0.3, 0.4) is 0 Å². The molecule has 28 heavy (non-hydrogen) atoms. The van der Waals surface area contributed by atoms with Crippen molar-refractivity contribution in [2.24, 2.45) is 5.92 Å². The van der Waals surface area contributed by atoms with Gasteiger partial charge in [0.1, 0.15) is 0 Å². The number of ether oxygens (including phenoxy) is 2. The molecule has 0 unspecified atom stereocenters. The molecule has 0 saturated carbocycles. The summed E-state index contributed by atoms with van der Waals surface area (Å²) in [6, 6.07) is 6.97. The van der Waals surface area contributed by atoms with Gasteiger partial charge in [0, 0.05) is 25.5 Å². The van der Waals surface area contributed by atoms with Crippen LogP contribution in [0, 0.1) is 5.92 Å². The van der Waals surface area contributed by atoms with Crippen LogP contribution < -0.4 is 20.1 Å². The molecule has 0 aliphatic carbocycles. The van der Waals surface area contributed by atoms with E-state index in [9.17, 15) is 9.59 Å². The van der Waals surface area contributed by atoms with Crippen LogP contribution in [0.25, 0.3) is 0 Å². The lowest BCUT2D eigenvalue weighted by molar-refractivity contribution is 0.0950. The van der Waals surface area contributed by atoms with Gasteiger partial charge in [-0.1, -0.05) is 19.9 Å². The van der Waals surface area contributed by atoms with Crippen molar-refractivity contribution >= 4 is 11.8 Å². The second-order valence-electron chi connectivity index (χ2n) is 6.77. The molecule has 2 rings (SSSR count). The van der Waals surface area contributed by atoms with E-state index in [1.165, 1.54) is 12.4 Å². The molecule has 0 aliphatic rings. The number of nitrogens with zero attached hydrogens (tertiary/aromatic N) is 1. The van der Waals surface area contributed by atoms with Crippen LogP contribution in [0.4, 0.5) is 0 Å². The molecular formula is C21H27N3O4. The standard InChI is InChI=1S/C21H27N3O4/c1-14(2)7-8-23-20(25)16-10-17(13-22-12-16)21(26)24-11-15-5-6-18(27-3)19(9-15)28-4/h5-6,9-10,12-14H,7-8,11H2,1-4H3,(H,23,25)(H,24,26). The van der Waals surface area contributed by atoms with Crippen molar-refractivity contribution in [2.45, 2.75) is 26.8 Å². The molecule has 0 fully saturated rings. The van der Waals surface area contributed by atoms with Gasteiger partial charge >= 0.3 is 0 Å². The smallest absolute Gasteiger partial charge is 0.253 e. The number of rotatable bonds is 9. The number of hydrogen-bond acceptors (Lipinski definition) is 5. The summed E-state index contributed by atoms with van der Waals surface area (Å²) < 4.78 is 10.5. The first-order chi connectivity index (χ1) is 13.4. The lowest BCUT2D eigenvalue weighted by Gasteiger charge is -2.11. The van der Waals surface area contributed by atoms with Gasteiger partial charge in [0.05, 0.1) is 25.3 Å². The molecule has 0 bridgehead atoms. The molecule has 2 aromatic rings. The Balaban J connectivity index is 1.98. The first kappa shape index (κ1) is 21.2. The van der Waals surface area contributed by atoms with E-state index in [1.807, 2.05) is 6.07 Å². The quantitative estimate of drug-likeness (QED) is 0.693. The van der Waals surface area contributed by atoms with E-state index in [4.69, 9.17) is 9.47 Å². The zero-order valence-corrected chi connectivity index (χ0v) is 16.7. The third-order valence-electron chi connectivity index (χ3n) is 4.17. The van der Waals surface area contributed by atoms with Crippen molar-refractivity contribution in [3.8, 4) is 11.5 Å². The van der Waals surface area contributed by atoms with Gasteiger partial charge in [0.25, 0.3) is 11.8 Å². The van der Waals surface area contributed by atoms with E-state index < -0.39 is 0 Å². The van der Waals surface area contributed by atoms with Gasteiger partial charge in [-0.15, -0.1) is 0 Å². The van der Waals surface area contributed by atoms with Gasteiger partial charge < -0.3 is 20.1 Å². The first-order valence-electron chi connectivity index (χ1n) is 9.17. The Morgan fingerprint density at radius 1 is 0.964 bits per heavy atom. The van der Waals surface area contributed by atoms with Crippen molar-refractivity contribution in [2.75, 3.05) is 20.8 Å². The minimum atomic E-state index is -0.306. The molecule has 1 aromatic carbocycles. The third kappa shape index (κ3) is 5.97. The number of pyridine rings is 1. The van der Waals surface area contributed by atoms with Gasteiger partial charge in [-0.25, -0.2) is 0 Å². The predicted octanol–water partition coefficient (Wildman–Crippen LogP) is 2.80. The molecule has 1 aromatic heterocycles. The van der Waals surface area contributed by atoms with Crippen molar-refractivity contribution < 1.29 is 19.1 Å². The van der Waals surface area contributed by atoms with Gasteiger partial charge in [0.2, 0.25) is 0 Å². The van der Waals surface area contributed by atoms with Crippen molar-refractivity contribution in [3.63, 3.8) is 0 Å². The van der Waals surface area contributed by atoms with Crippen LogP contribution in [-0.4, -0.2) is 37.6 Å². The van der Waals surface area contributed by atoms with Crippen LogP contribution in [0.2, 0.25) is 0 Å². The van der Waals surface area contributed by atoms with Crippen molar-refractivity contribution in [1.29, 1.82) is 0 Å². The topological polar surface area (TPSA) is 89.5 Å². The normalized spacial score (nSPS) is 10.5. The summed E-state index contributed by atoms with van der Waals surface area (Å²) in [6.07, 6.45) is 3.79. The first-order valence-corrected chi connectivity index (χ1v) is 9.17. The van der Waals surface area contributed by atoms with Gasteiger partial charge in [-0.3, -0.25) is 14.6 Å². The Labute approximate surface area is 165 Å². The monoisotopic (exact) mass is 385 g/mol. The largest absolute Gasteiger partial charge is 0.493 e. The maximum Gasteiger partial charge on any atom is 0.253 e. The van der Waals surface area contributed by atoms with Gasteiger partial charge in [0.15, 0.2) is 11.5 Å². The summed E-state index contributed by atoms with van der Waals surface area (Å²) in [5.41, 5.74) is 1.56. The molecular weight excluding hydrogens is 358 g/mol. The highest BCUT2D eigenvalue weighted by atomic mass is 16.5. The Hall–Kier alpha value is -3.09. The molecule has 2 amide bonds. The molecule has 0 radical (unpaired) electrons. The van der Waals surface area contributed by atoms with Crippen LogP contribution in [0.15, 0.2) is 36.7 Å². The highest BCUT2D eigenvalue weighted by molar-refractivity contribution is 5.99. The number of carbonyl (C=O) groups is 2. The fourth-order valence-corrected chi connectivity index (χ4v) is 2.54. The number of nitrogens with one attached hydrogen (secondary N) is 2. The molecule has 0 atom stereocenters. The average Bonchev–Trinajstić information content (AvgIpc) is 2.71. The molecule has 0 spiro atoms. The lowest BCUT2D eigenvalue weighted by Crippen LogP contribution is -2.27. The fraction of sp³-hybridized carbons (Fsp3) is 0.381. The number of amides is 2. The maximum atomic E-state index is 12.4. The number of benzene rings is 1. The predicted molar refractivity (Wildman–Crippen MR) is 107 cm³/mol. The minimum absolute atomic E-state index is 0.234. The van der Waals surface area contributed by atoms with Crippen LogP contribution in [0.1, 0.15) is 46.5 Å². The highest BCUT2D eigenvalue weighted by Crippen LogP contribution is 2.27. The Morgan fingerprint density at radius 2 is 1.61 bits per heavy atom. The molecule has 150 valence electrons. The minimum Gasteiger partial charge on any atom is -0.493 e. The van der Waals surface area contributed by atoms with E-state index in [0.29, 0.717) is 41.6 Å². The van der Waals surface area contributed by atoms with Gasteiger partial charge in [-0.05, 0) is 36.1 Å². The molecule has 0 aliphatic heterocycles. The Kier molecular flexibility index (Phi) is 7.80. The van der Waals surface area contributed by atoms with E-state index in [1.54, 1.807) is 32.4 Å². The number of carbonyl (C=O) groups excluding carboxylic acids is 2. The van der Waals surface area contributed by atoms with E-state index >= 15 is 0 Å². The molecule has 2 N–H and O–H groups in total. The third-order valence-corrected chi connectivity index (χ3v) is 4.17. The van der Waals surface area contributed by atoms with Crippen LogP contribution in [-0.2, 0) is 6.54 Å². The average molecular weight is 385 g/mol. The molecule has 0 saturated heterocycles. The summed E-state index contributed by atoms with van der Waals surface area (Å²) in [5, 5.41) is 5.66. The molecule has 7 nitrogen and oxygen atoms in total. The summed E-state index contributed by atoms with van der Waals surface area (Å²) in [7, 11) is 3.13. The second-order valence-corrected chi connectivity index (χ2v) is 6.77. The van der Waals surface area contributed by atoms with Gasteiger partial charge in [-0.2, -0.15) is 0 Å². The summed E-state index contributed by atoms with van der Waals surface area (Å²) >= 11 is 0. The molecule has 1 heterocycles. The van der Waals surface area contributed by atoms with Crippen LogP contribution in [0.5, 0.6) is 11.5 Å². The summed E-state index contributed by atoms with van der Waals surface area (Å²) in [4.78, 5) is 28.7. The van der Waals surface area contributed by atoms with E-state index in [0.717, 1.165) is 12.0 Å². The van der Waals surface area contributed by atoms with E-state index in [-0.39, 0.29) is 11.8 Å². The second kappa shape index (κ2) is 10.3. The SMILES string of the molecule is COc1ccc(CNC(=O)c2cncc(C(=O)NCCC(C)C)c2)cc1OC. The zero-order valence-electron chi connectivity index (χ0n) is 16.7. The zero-order chi connectivity index (χ0) is 20.5. The molecule has 7 heteroatoms. The Bertz CT molecular complexity index is 821. The van der Waals surface area contributed by atoms with Crippen molar-refractivity contribution in [1.82, 2.24) is 15.6 Å². The highest BCUT2D eigenvalue weighted by Gasteiger charge is 2.12.